The predicted molar refractivity (Wildman–Crippen MR) is 47.9 cm³/mol. The van der Waals surface area contributed by atoms with Crippen LogP contribution in [0.1, 0.15) is 6.42 Å². The summed E-state index contributed by atoms with van der Waals surface area (Å²) in [5.74, 6) is -0.314. The summed E-state index contributed by atoms with van der Waals surface area (Å²) >= 11 is 0. The van der Waals surface area contributed by atoms with Crippen LogP contribution in [0, 0.1) is 0 Å². The molecule has 80 valence electrons. The standard InChI is InChI=1S/C9H15NO4/c1-12-8(11)7-4-10-9(6-14-7)2-3-13-5-9/h7,10H,2-6H2,1H3. The van der Waals surface area contributed by atoms with E-state index in [1.54, 1.807) is 0 Å². The molecule has 0 saturated carbocycles. The number of esters is 1. The zero-order valence-corrected chi connectivity index (χ0v) is 8.25. The first kappa shape index (κ1) is 9.89. The molecule has 0 aromatic heterocycles. The number of hydrogen-bond donors (Lipinski definition) is 1. The molecule has 0 aromatic rings. The summed E-state index contributed by atoms with van der Waals surface area (Å²) in [4.78, 5) is 11.2. The molecule has 2 atom stereocenters. The predicted octanol–water partition coefficient (Wildman–Crippen LogP) is -0.693. The van der Waals surface area contributed by atoms with Crippen LogP contribution in [0.25, 0.3) is 0 Å². The van der Waals surface area contributed by atoms with Crippen LogP contribution in [0.4, 0.5) is 0 Å². The van der Waals surface area contributed by atoms with Gasteiger partial charge in [-0.2, -0.15) is 0 Å². The molecule has 2 unspecified atom stereocenters. The topological polar surface area (TPSA) is 56.8 Å². The van der Waals surface area contributed by atoms with Gasteiger partial charge in [0.05, 0.1) is 25.9 Å². The van der Waals surface area contributed by atoms with Gasteiger partial charge in [-0.3, -0.25) is 0 Å². The smallest absolute Gasteiger partial charge is 0.336 e. The lowest BCUT2D eigenvalue weighted by molar-refractivity contribution is -0.159. The van der Waals surface area contributed by atoms with Crippen LogP contribution in [0.5, 0.6) is 0 Å². The Morgan fingerprint density at radius 1 is 1.57 bits per heavy atom. The maximum absolute atomic E-state index is 11.2. The number of rotatable bonds is 1. The van der Waals surface area contributed by atoms with Crippen LogP contribution >= 0.6 is 0 Å². The van der Waals surface area contributed by atoms with Crippen LogP contribution in [0.15, 0.2) is 0 Å². The van der Waals surface area contributed by atoms with Gasteiger partial charge in [-0.15, -0.1) is 0 Å². The van der Waals surface area contributed by atoms with Crippen LogP contribution in [-0.2, 0) is 19.0 Å². The Balaban J connectivity index is 1.88. The van der Waals surface area contributed by atoms with E-state index in [9.17, 15) is 4.79 Å². The lowest BCUT2D eigenvalue weighted by Crippen LogP contribution is -2.59. The Kier molecular flexibility index (Phi) is 2.71. The van der Waals surface area contributed by atoms with E-state index in [4.69, 9.17) is 9.47 Å². The summed E-state index contributed by atoms with van der Waals surface area (Å²) in [6, 6.07) is 0. The van der Waals surface area contributed by atoms with Crippen molar-refractivity contribution in [3.8, 4) is 0 Å². The number of morpholine rings is 1. The van der Waals surface area contributed by atoms with Crippen molar-refractivity contribution >= 4 is 5.97 Å². The van der Waals surface area contributed by atoms with Gasteiger partial charge in [0.1, 0.15) is 0 Å². The molecule has 2 aliphatic rings. The molecule has 5 nitrogen and oxygen atoms in total. The van der Waals surface area contributed by atoms with Crippen LogP contribution in [-0.4, -0.2) is 51.1 Å². The van der Waals surface area contributed by atoms with Gasteiger partial charge in [-0.25, -0.2) is 4.79 Å². The van der Waals surface area contributed by atoms with Gasteiger partial charge in [-0.05, 0) is 6.42 Å². The summed E-state index contributed by atoms with van der Waals surface area (Å²) in [5, 5.41) is 3.31. The largest absolute Gasteiger partial charge is 0.467 e. The first-order valence-corrected chi connectivity index (χ1v) is 4.78. The third-order valence-electron chi connectivity index (χ3n) is 2.79. The van der Waals surface area contributed by atoms with Crippen molar-refractivity contribution in [2.24, 2.45) is 0 Å². The second-order valence-electron chi connectivity index (χ2n) is 3.79. The fourth-order valence-corrected chi connectivity index (χ4v) is 1.82. The molecular weight excluding hydrogens is 186 g/mol. The summed E-state index contributed by atoms with van der Waals surface area (Å²) in [6.07, 6.45) is 0.479. The van der Waals surface area contributed by atoms with E-state index >= 15 is 0 Å². The second-order valence-corrected chi connectivity index (χ2v) is 3.79. The highest BCUT2D eigenvalue weighted by atomic mass is 16.6. The van der Waals surface area contributed by atoms with Crippen molar-refractivity contribution in [1.82, 2.24) is 5.32 Å². The third kappa shape index (κ3) is 1.75. The van der Waals surface area contributed by atoms with E-state index in [0.717, 1.165) is 13.0 Å². The summed E-state index contributed by atoms with van der Waals surface area (Å²) in [5.41, 5.74) is -0.0650. The van der Waals surface area contributed by atoms with Crippen LogP contribution in [0.2, 0.25) is 0 Å². The van der Waals surface area contributed by atoms with Crippen molar-refractivity contribution in [3.05, 3.63) is 0 Å². The van der Waals surface area contributed by atoms with Gasteiger partial charge >= 0.3 is 5.97 Å². The maximum atomic E-state index is 11.2. The molecule has 0 radical (unpaired) electrons. The molecule has 1 N–H and O–H groups in total. The third-order valence-corrected chi connectivity index (χ3v) is 2.79. The molecular formula is C9H15NO4. The Labute approximate surface area is 82.7 Å². The van der Waals surface area contributed by atoms with Gasteiger partial charge < -0.3 is 19.5 Å². The second kappa shape index (κ2) is 3.84. The molecule has 14 heavy (non-hydrogen) atoms. The summed E-state index contributed by atoms with van der Waals surface area (Å²) < 4.78 is 15.4. The SMILES string of the molecule is COC(=O)C1CNC2(CCOC2)CO1. The highest BCUT2D eigenvalue weighted by molar-refractivity contribution is 5.75. The van der Waals surface area contributed by atoms with Gasteiger partial charge in [0, 0.05) is 13.2 Å². The Morgan fingerprint density at radius 2 is 2.43 bits per heavy atom. The number of carbonyl (C=O) groups is 1. The number of nitrogens with one attached hydrogen (secondary N) is 1. The molecule has 5 heteroatoms. The molecule has 0 amide bonds. The molecule has 1 spiro atoms. The fourth-order valence-electron chi connectivity index (χ4n) is 1.82. The number of methoxy groups -OCH3 is 1. The highest BCUT2D eigenvalue weighted by Crippen LogP contribution is 2.22. The monoisotopic (exact) mass is 201 g/mol. The van der Waals surface area contributed by atoms with E-state index in [1.165, 1.54) is 7.11 Å². The normalized spacial score (nSPS) is 37.4. The molecule has 0 bridgehead atoms. The lowest BCUT2D eigenvalue weighted by Gasteiger charge is -2.36. The first-order valence-electron chi connectivity index (χ1n) is 4.78. The van der Waals surface area contributed by atoms with Crippen LogP contribution < -0.4 is 5.32 Å². The Morgan fingerprint density at radius 3 is 2.93 bits per heavy atom. The van der Waals surface area contributed by atoms with Crippen molar-refractivity contribution in [3.63, 3.8) is 0 Å². The zero-order chi connectivity index (χ0) is 10.0. The van der Waals surface area contributed by atoms with Gasteiger partial charge in [0.15, 0.2) is 6.10 Å². The summed E-state index contributed by atoms with van der Waals surface area (Å²) in [7, 11) is 1.37. The Bertz CT molecular complexity index is 215. The van der Waals surface area contributed by atoms with Crippen molar-refractivity contribution in [2.75, 3.05) is 33.5 Å². The van der Waals surface area contributed by atoms with Gasteiger partial charge in [0.25, 0.3) is 0 Å². The van der Waals surface area contributed by atoms with E-state index in [-0.39, 0.29) is 11.5 Å². The van der Waals surface area contributed by atoms with Crippen LogP contribution in [0.3, 0.4) is 0 Å². The average Bonchev–Trinajstić information content (AvgIpc) is 2.67. The zero-order valence-electron chi connectivity index (χ0n) is 8.25. The minimum Gasteiger partial charge on any atom is -0.467 e. The van der Waals surface area contributed by atoms with Gasteiger partial charge in [-0.1, -0.05) is 0 Å². The van der Waals surface area contributed by atoms with E-state index in [1.807, 2.05) is 0 Å². The van der Waals surface area contributed by atoms with Gasteiger partial charge in [0.2, 0.25) is 0 Å². The van der Waals surface area contributed by atoms with Crippen molar-refractivity contribution < 1.29 is 19.0 Å². The highest BCUT2D eigenvalue weighted by Gasteiger charge is 2.41. The molecule has 2 heterocycles. The first-order chi connectivity index (χ1) is 6.76. The lowest BCUT2D eigenvalue weighted by atomic mass is 9.98. The minimum atomic E-state index is -0.466. The van der Waals surface area contributed by atoms with Crippen molar-refractivity contribution in [1.29, 1.82) is 0 Å². The fraction of sp³-hybridized carbons (Fsp3) is 0.889. The average molecular weight is 201 g/mol. The molecule has 0 aromatic carbocycles. The van der Waals surface area contributed by atoms with E-state index in [0.29, 0.717) is 19.8 Å². The molecule has 2 fully saturated rings. The molecule has 2 saturated heterocycles. The maximum Gasteiger partial charge on any atom is 0.336 e. The molecule has 0 aliphatic carbocycles. The van der Waals surface area contributed by atoms with E-state index < -0.39 is 6.10 Å². The summed E-state index contributed by atoms with van der Waals surface area (Å²) in [6.45, 7) is 2.46. The number of hydrogen-bond acceptors (Lipinski definition) is 5. The minimum absolute atomic E-state index is 0.0650. The Hall–Kier alpha value is -0.650. The number of carbonyl (C=O) groups excluding carboxylic acids is 1. The molecule has 2 aliphatic heterocycles. The number of ether oxygens (including phenoxy) is 3. The molecule has 2 rings (SSSR count). The van der Waals surface area contributed by atoms with E-state index in [2.05, 4.69) is 10.1 Å². The van der Waals surface area contributed by atoms with Crippen molar-refractivity contribution in [2.45, 2.75) is 18.1 Å². The quantitative estimate of drug-likeness (QED) is 0.569.